The van der Waals surface area contributed by atoms with Crippen LogP contribution in [0, 0.1) is 40.0 Å². The van der Waals surface area contributed by atoms with Crippen LogP contribution in [0.15, 0.2) is 71.9 Å². The lowest BCUT2D eigenvalue weighted by Gasteiger charge is -2.45. The first-order valence-electron chi connectivity index (χ1n) is 20.1. The van der Waals surface area contributed by atoms with E-state index in [0.717, 1.165) is 79.6 Å². The van der Waals surface area contributed by atoms with Crippen molar-refractivity contribution >= 4 is 23.1 Å². The van der Waals surface area contributed by atoms with Crippen molar-refractivity contribution in [1.82, 2.24) is 4.98 Å². The fraction of sp³-hybridized carbons (Fsp3) is 0.375. The highest BCUT2D eigenvalue weighted by molar-refractivity contribution is 5.97. The molecule has 4 heterocycles. The summed E-state index contributed by atoms with van der Waals surface area (Å²) < 4.78 is 40.2. The highest BCUT2D eigenvalue weighted by atomic mass is 16.5. The molecule has 0 spiro atoms. The number of nitrogens with zero attached hydrogens (tertiary/aromatic N) is 3. The Morgan fingerprint density at radius 3 is 2.26 bits per heavy atom. The molecule has 6 heteroatoms. The monoisotopic (exact) mass is 719 g/mol. The molecule has 2 atom stereocenters. The van der Waals surface area contributed by atoms with Gasteiger partial charge in [-0.3, -0.25) is 4.90 Å². The van der Waals surface area contributed by atoms with Gasteiger partial charge in [-0.1, -0.05) is 65.8 Å². The second-order valence-electron chi connectivity index (χ2n) is 18.2. The zero-order chi connectivity index (χ0) is 40.1. The molecule has 276 valence electrons. The van der Waals surface area contributed by atoms with Crippen molar-refractivity contribution < 1.29 is 17.0 Å². The van der Waals surface area contributed by atoms with Gasteiger partial charge in [0.15, 0.2) is 11.5 Å². The molecule has 4 aromatic carbocycles. The molecule has 1 aliphatic carbocycles. The van der Waals surface area contributed by atoms with E-state index in [2.05, 4.69) is 116 Å². The summed E-state index contributed by atoms with van der Waals surface area (Å²) >= 11 is 0. The molecule has 0 saturated carbocycles. The third kappa shape index (κ3) is 4.98. The number of hydrogen-bond acceptors (Lipinski definition) is 6. The Balaban J connectivity index is 1.17. The minimum absolute atomic E-state index is 0.233. The van der Waals surface area contributed by atoms with Crippen molar-refractivity contribution in [3.63, 3.8) is 0 Å². The lowest BCUT2D eigenvalue weighted by Crippen LogP contribution is -2.54. The maximum absolute atomic E-state index is 9.76. The van der Waals surface area contributed by atoms with Gasteiger partial charge in [0.2, 0.25) is 5.90 Å². The number of aliphatic imine (C=N–C) groups is 1. The molecule has 0 amide bonds. The Labute approximate surface area is 323 Å². The Hall–Kier alpha value is -5.10. The van der Waals surface area contributed by atoms with E-state index in [0.29, 0.717) is 23.0 Å². The molecule has 5 aromatic rings. The highest BCUT2D eigenvalue weighted by Gasteiger charge is 2.66. The standard InChI is InChI=1S/C48H51N3O3/c1-26-13-31-19-32-14-27(2)25-49-43(32)51-38-23-39(30(5)18-40(38)53-41(15-26)42(31)51)52-36-21-33(20-35(22-36)45(6,7)8)44-50-47(12)37-17-29(4)28(3)16-34(37)24-48(47,54-44)46(9,10)11/h13-18,20-23,25H,19,24H2,1-12H3/t47-,48-/m1/s1/i24D2. The Morgan fingerprint density at radius 2 is 1.52 bits per heavy atom. The summed E-state index contributed by atoms with van der Waals surface area (Å²) in [6.45, 7) is 25.1. The molecule has 9 rings (SSSR count). The molecule has 0 fully saturated rings. The lowest BCUT2D eigenvalue weighted by atomic mass is 9.66. The molecule has 6 nitrogen and oxygen atoms in total. The summed E-state index contributed by atoms with van der Waals surface area (Å²) in [6.07, 6.45) is 0.894. The Bertz CT molecular complexity index is 2560. The Kier molecular flexibility index (Phi) is 6.72. The van der Waals surface area contributed by atoms with E-state index < -0.39 is 22.9 Å². The number of ether oxygens (including phenoxy) is 3. The van der Waals surface area contributed by atoms with Crippen molar-refractivity contribution in [2.24, 2.45) is 10.4 Å². The van der Waals surface area contributed by atoms with Gasteiger partial charge in [-0.05, 0) is 127 Å². The average Bonchev–Trinajstić information content (AvgIpc) is 3.50. The van der Waals surface area contributed by atoms with Gasteiger partial charge in [0.1, 0.15) is 28.5 Å². The van der Waals surface area contributed by atoms with Crippen LogP contribution < -0.4 is 14.4 Å². The number of aryl methyl sites for hydroxylation is 5. The number of rotatable bonds is 3. The minimum atomic E-state index is -1.82. The topological polar surface area (TPSA) is 56.2 Å². The van der Waals surface area contributed by atoms with Gasteiger partial charge in [0, 0.05) is 44.3 Å². The smallest absolute Gasteiger partial charge is 0.217 e. The van der Waals surface area contributed by atoms with E-state index in [1.54, 1.807) is 0 Å². The molecule has 0 bridgehead atoms. The third-order valence-electron chi connectivity index (χ3n) is 11.9. The van der Waals surface area contributed by atoms with Crippen molar-refractivity contribution in [3.8, 4) is 23.0 Å². The molecule has 4 aliphatic rings. The first kappa shape index (κ1) is 32.3. The number of benzene rings is 4. The summed E-state index contributed by atoms with van der Waals surface area (Å²) in [5.41, 5.74) is 9.87. The fourth-order valence-corrected chi connectivity index (χ4v) is 8.91. The van der Waals surface area contributed by atoms with Crippen molar-refractivity contribution in [2.45, 2.75) is 112 Å². The third-order valence-corrected chi connectivity index (χ3v) is 11.9. The second-order valence-corrected chi connectivity index (χ2v) is 18.2. The number of anilines is 3. The van der Waals surface area contributed by atoms with Crippen LogP contribution in [0.3, 0.4) is 0 Å². The molecule has 3 aliphatic heterocycles. The van der Waals surface area contributed by atoms with Gasteiger partial charge in [-0.2, -0.15) is 0 Å². The first-order chi connectivity index (χ1) is 26.1. The molecular formula is C48H51N3O3. The molecule has 54 heavy (non-hydrogen) atoms. The molecular weight excluding hydrogens is 667 g/mol. The highest BCUT2D eigenvalue weighted by Crippen LogP contribution is 2.61. The van der Waals surface area contributed by atoms with Crippen LogP contribution in [-0.4, -0.2) is 16.5 Å². The predicted octanol–water partition coefficient (Wildman–Crippen LogP) is 12.2. The normalized spacial score (nSPS) is 22.1. The first-order valence-corrected chi connectivity index (χ1v) is 19.1. The van der Waals surface area contributed by atoms with Crippen LogP contribution in [0.5, 0.6) is 23.0 Å². The number of pyridine rings is 1. The van der Waals surface area contributed by atoms with Crippen molar-refractivity contribution in [2.75, 3.05) is 4.90 Å². The van der Waals surface area contributed by atoms with Gasteiger partial charge in [-0.15, -0.1) is 0 Å². The van der Waals surface area contributed by atoms with E-state index in [1.807, 2.05) is 39.1 Å². The predicted molar refractivity (Wildman–Crippen MR) is 218 cm³/mol. The van der Waals surface area contributed by atoms with Crippen molar-refractivity contribution in [3.05, 3.63) is 128 Å². The molecule has 1 aromatic heterocycles. The van der Waals surface area contributed by atoms with Gasteiger partial charge in [0.05, 0.1) is 11.4 Å². The number of hydrogen-bond donors (Lipinski definition) is 0. The molecule has 0 radical (unpaired) electrons. The van der Waals surface area contributed by atoms with E-state index in [4.69, 9.17) is 24.2 Å². The van der Waals surface area contributed by atoms with Gasteiger partial charge in [-0.25, -0.2) is 9.98 Å². The van der Waals surface area contributed by atoms with E-state index in [1.165, 1.54) is 11.1 Å². The average molecular weight is 720 g/mol. The fourth-order valence-electron chi connectivity index (χ4n) is 8.91. The Morgan fingerprint density at radius 1 is 0.778 bits per heavy atom. The maximum Gasteiger partial charge on any atom is 0.217 e. The van der Waals surface area contributed by atoms with E-state index >= 15 is 0 Å². The summed E-state index contributed by atoms with van der Waals surface area (Å²) in [4.78, 5) is 12.6. The maximum atomic E-state index is 9.76. The molecule has 0 unspecified atom stereocenters. The van der Waals surface area contributed by atoms with Crippen LogP contribution in [0.4, 0.5) is 17.2 Å². The lowest BCUT2D eigenvalue weighted by molar-refractivity contribution is -0.0673. The minimum Gasteiger partial charge on any atom is -0.467 e. The van der Waals surface area contributed by atoms with Gasteiger partial charge >= 0.3 is 0 Å². The van der Waals surface area contributed by atoms with Crippen LogP contribution in [-0.2, 0) is 28.5 Å². The van der Waals surface area contributed by atoms with Gasteiger partial charge < -0.3 is 14.2 Å². The van der Waals surface area contributed by atoms with Gasteiger partial charge in [0.25, 0.3) is 0 Å². The van der Waals surface area contributed by atoms with Crippen LogP contribution in [0.2, 0.25) is 0 Å². The quantitative estimate of drug-likeness (QED) is 0.182. The summed E-state index contributed by atoms with van der Waals surface area (Å²) in [6, 6.07) is 21.0. The summed E-state index contributed by atoms with van der Waals surface area (Å²) in [7, 11) is 0. The SMILES string of the molecule is [2H]C1([2H])c2cc(C)c(C)cc2[C@@]2(C)N=C(c3cc(Oc4cc5c(cc4C)Oc4cc(C)cc6c4N5c4ncc(C)cc4C6)cc(C(C)(C)C)c3)O[C@@]12C(C)(C)C. The van der Waals surface area contributed by atoms with E-state index in [9.17, 15) is 2.74 Å². The molecule has 0 N–H and O–H groups in total. The van der Waals surface area contributed by atoms with Crippen LogP contribution in [0.1, 0.15) is 112 Å². The van der Waals surface area contributed by atoms with Crippen molar-refractivity contribution in [1.29, 1.82) is 0 Å². The summed E-state index contributed by atoms with van der Waals surface area (Å²) in [5.74, 6) is 4.24. The van der Waals surface area contributed by atoms with Crippen LogP contribution >= 0.6 is 0 Å². The zero-order valence-corrected chi connectivity index (χ0v) is 33.6. The largest absolute Gasteiger partial charge is 0.467 e. The number of aromatic nitrogens is 1. The molecule has 0 saturated heterocycles. The van der Waals surface area contributed by atoms with Crippen LogP contribution in [0.25, 0.3) is 0 Å². The summed E-state index contributed by atoms with van der Waals surface area (Å²) in [5, 5.41) is 0. The zero-order valence-electron chi connectivity index (χ0n) is 35.6. The number of fused-ring (bicyclic) bond motifs is 7. The second kappa shape index (κ2) is 11.2. The van der Waals surface area contributed by atoms with E-state index in [-0.39, 0.29) is 5.41 Å².